The fourth-order valence-corrected chi connectivity index (χ4v) is 3.03. The van der Waals surface area contributed by atoms with Crippen LogP contribution in [0.15, 0.2) is 23.7 Å². The van der Waals surface area contributed by atoms with E-state index in [2.05, 4.69) is 19.8 Å². The van der Waals surface area contributed by atoms with Crippen molar-refractivity contribution in [3.63, 3.8) is 0 Å². The van der Waals surface area contributed by atoms with Crippen LogP contribution < -0.4 is 21.3 Å². The van der Waals surface area contributed by atoms with Gasteiger partial charge in [-0.2, -0.15) is 0 Å². The summed E-state index contributed by atoms with van der Waals surface area (Å²) in [6.07, 6.45) is 1.81. The number of rotatable bonds is 3. The molecule has 0 aromatic carbocycles. The number of piperazine rings is 1. The van der Waals surface area contributed by atoms with Crippen molar-refractivity contribution < 1.29 is 4.79 Å². The lowest BCUT2D eigenvalue weighted by Gasteiger charge is -2.35. The average molecular weight is 304 g/mol. The summed E-state index contributed by atoms with van der Waals surface area (Å²) in [4.78, 5) is 24.1. The van der Waals surface area contributed by atoms with E-state index in [1.165, 1.54) is 0 Å². The molecule has 0 aliphatic carbocycles. The zero-order valence-electron chi connectivity index (χ0n) is 11.4. The summed E-state index contributed by atoms with van der Waals surface area (Å²) >= 11 is 1.63. The third kappa shape index (κ3) is 2.75. The van der Waals surface area contributed by atoms with E-state index in [4.69, 9.17) is 11.5 Å². The van der Waals surface area contributed by atoms with E-state index in [0.29, 0.717) is 11.5 Å². The molecule has 1 amide bonds. The summed E-state index contributed by atoms with van der Waals surface area (Å²) in [6.45, 7) is 3.24. The van der Waals surface area contributed by atoms with E-state index < -0.39 is 5.91 Å². The molecule has 2 aromatic rings. The first-order chi connectivity index (χ1) is 10.1. The van der Waals surface area contributed by atoms with Gasteiger partial charge in [-0.3, -0.25) is 4.79 Å². The highest BCUT2D eigenvalue weighted by Gasteiger charge is 2.21. The highest BCUT2D eigenvalue weighted by molar-refractivity contribution is 7.13. The number of anilines is 3. The molecule has 7 nitrogen and oxygen atoms in total. The highest BCUT2D eigenvalue weighted by Crippen LogP contribution is 2.24. The van der Waals surface area contributed by atoms with Gasteiger partial charge in [0.15, 0.2) is 10.9 Å². The molecule has 2 aromatic heterocycles. The summed E-state index contributed by atoms with van der Waals surface area (Å²) in [5, 5.41) is 3.00. The normalized spacial score (nSPS) is 15.2. The molecular formula is C13H16N6OS. The standard InChI is InChI=1S/C13H16N6OS/c14-9-1-2-10(11(15)20)17-12(9)18-4-6-19(7-5-18)13-16-3-8-21-13/h1-3,8H,4-7,14H2,(H2,15,20). The van der Waals surface area contributed by atoms with Gasteiger partial charge >= 0.3 is 0 Å². The first-order valence-electron chi connectivity index (χ1n) is 6.61. The Morgan fingerprint density at radius 1 is 1.19 bits per heavy atom. The highest BCUT2D eigenvalue weighted by atomic mass is 32.1. The molecule has 1 fully saturated rings. The maximum Gasteiger partial charge on any atom is 0.267 e. The molecule has 3 rings (SSSR count). The van der Waals surface area contributed by atoms with E-state index in [-0.39, 0.29) is 5.69 Å². The maximum atomic E-state index is 11.2. The molecule has 0 radical (unpaired) electrons. The van der Waals surface area contributed by atoms with Crippen LogP contribution in [0.4, 0.5) is 16.6 Å². The zero-order chi connectivity index (χ0) is 14.8. The number of hydrogen-bond acceptors (Lipinski definition) is 7. The van der Waals surface area contributed by atoms with Crippen molar-refractivity contribution in [2.45, 2.75) is 0 Å². The number of thiazole rings is 1. The number of hydrogen-bond donors (Lipinski definition) is 2. The summed E-state index contributed by atoms with van der Waals surface area (Å²) in [5.41, 5.74) is 12.0. The second kappa shape index (κ2) is 5.57. The fraction of sp³-hybridized carbons (Fsp3) is 0.308. The molecule has 21 heavy (non-hydrogen) atoms. The minimum absolute atomic E-state index is 0.238. The van der Waals surface area contributed by atoms with E-state index in [1.54, 1.807) is 23.5 Å². The van der Waals surface area contributed by atoms with Crippen LogP contribution in [0.2, 0.25) is 0 Å². The van der Waals surface area contributed by atoms with Gasteiger partial charge in [0.25, 0.3) is 5.91 Å². The van der Waals surface area contributed by atoms with E-state index in [9.17, 15) is 4.79 Å². The van der Waals surface area contributed by atoms with Crippen LogP contribution in [0.3, 0.4) is 0 Å². The van der Waals surface area contributed by atoms with Crippen molar-refractivity contribution in [1.29, 1.82) is 0 Å². The lowest BCUT2D eigenvalue weighted by atomic mass is 10.2. The molecule has 1 aliphatic heterocycles. The summed E-state index contributed by atoms with van der Waals surface area (Å²) in [5.74, 6) is 0.0859. The molecule has 1 saturated heterocycles. The van der Waals surface area contributed by atoms with Crippen LogP contribution in [-0.4, -0.2) is 42.1 Å². The van der Waals surface area contributed by atoms with Gasteiger partial charge in [0.1, 0.15) is 5.69 Å². The zero-order valence-corrected chi connectivity index (χ0v) is 12.2. The number of carbonyl (C=O) groups is 1. The molecule has 8 heteroatoms. The maximum absolute atomic E-state index is 11.2. The van der Waals surface area contributed by atoms with Crippen LogP contribution in [0, 0.1) is 0 Å². The van der Waals surface area contributed by atoms with Crippen molar-refractivity contribution >= 4 is 33.9 Å². The Bertz CT molecular complexity index is 636. The van der Waals surface area contributed by atoms with Gasteiger partial charge in [-0.15, -0.1) is 11.3 Å². The Hall–Kier alpha value is -2.35. The number of pyridine rings is 1. The molecule has 0 unspecified atom stereocenters. The first-order valence-corrected chi connectivity index (χ1v) is 7.49. The Morgan fingerprint density at radius 2 is 1.90 bits per heavy atom. The topological polar surface area (TPSA) is 101 Å². The Morgan fingerprint density at radius 3 is 2.52 bits per heavy atom. The lowest BCUT2D eigenvalue weighted by Crippen LogP contribution is -2.47. The van der Waals surface area contributed by atoms with Crippen molar-refractivity contribution in [1.82, 2.24) is 9.97 Å². The first kappa shape index (κ1) is 13.6. The van der Waals surface area contributed by atoms with Crippen LogP contribution in [0.5, 0.6) is 0 Å². The number of carbonyl (C=O) groups excluding carboxylic acids is 1. The SMILES string of the molecule is NC(=O)c1ccc(N)c(N2CCN(c3nccs3)CC2)n1. The Labute approximate surface area is 126 Å². The molecule has 1 aliphatic rings. The summed E-state index contributed by atoms with van der Waals surface area (Å²) in [7, 11) is 0. The lowest BCUT2D eigenvalue weighted by molar-refractivity contribution is 0.0995. The van der Waals surface area contributed by atoms with Gasteiger partial charge in [0.2, 0.25) is 0 Å². The van der Waals surface area contributed by atoms with Crippen molar-refractivity contribution in [2.75, 3.05) is 41.7 Å². The van der Waals surface area contributed by atoms with Crippen molar-refractivity contribution in [3.8, 4) is 0 Å². The molecule has 4 N–H and O–H groups in total. The smallest absolute Gasteiger partial charge is 0.267 e. The number of amides is 1. The van der Waals surface area contributed by atoms with Gasteiger partial charge in [0.05, 0.1) is 5.69 Å². The number of nitrogens with two attached hydrogens (primary N) is 2. The molecule has 0 bridgehead atoms. The predicted molar refractivity (Wildman–Crippen MR) is 83.7 cm³/mol. The number of primary amides is 1. The van der Waals surface area contributed by atoms with Crippen LogP contribution >= 0.6 is 11.3 Å². The van der Waals surface area contributed by atoms with E-state index in [1.807, 2.05) is 11.6 Å². The molecule has 0 atom stereocenters. The van der Waals surface area contributed by atoms with Crippen LogP contribution in [0.25, 0.3) is 0 Å². The van der Waals surface area contributed by atoms with Gasteiger partial charge < -0.3 is 21.3 Å². The molecule has 0 saturated carbocycles. The average Bonchev–Trinajstić information content (AvgIpc) is 3.02. The molecule has 3 heterocycles. The molecular weight excluding hydrogens is 288 g/mol. The van der Waals surface area contributed by atoms with E-state index >= 15 is 0 Å². The Kier molecular flexibility index (Phi) is 3.61. The summed E-state index contributed by atoms with van der Waals surface area (Å²) < 4.78 is 0. The quantitative estimate of drug-likeness (QED) is 0.858. The number of nitrogen functional groups attached to an aromatic ring is 1. The monoisotopic (exact) mass is 304 g/mol. The number of nitrogens with zero attached hydrogens (tertiary/aromatic N) is 4. The van der Waals surface area contributed by atoms with Gasteiger partial charge in [0, 0.05) is 37.8 Å². The predicted octanol–water partition coefficient (Wildman–Crippen LogP) is 0.546. The minimum atomic E-state index is -0.544. The van der Waals surface area contributed by atoms with Crippen molar-refractivity contribution in [2.24, 2.45) is 5.73 Å². The number of aromatic nitrogens is 2. The minimum Gasteiger partial charge on any atom is -0.396 e. The molecule has 0 spiro atoms. The van der Waals surface area contributed by atoms with E-state index in [0.717, 1.165) is 31.3 Å². The second-order valence-corrected chi connectivity index (χ2v) is 5.64. The van der Waals surface area contributed by atoms with Crippen molar-refractivity contribution in [3.05, 3.63) is 29.4 Å². The summed E-state index contributed by atoms with van der Waals surface area (Å²) in [6, 6.07) is 3.22. The second-order valence-electron chi connectivity index (χ2n) is 4.76. The van der Waals surface area contributed by atoms with Gasteiger partial charge in [-0.25, -0.2) is 9.97 Å². The van der Waals surface area contributed by atoms with Gasteiger partial charge in [-0.1, -0.05) is 0 Å². The largest absolute Gasteiger partial charge is 0.396 e. The third-order valence-corrected chi connectivity index (χ3v) is 4.26. The fourth-order valence-electron chi connectivity index (χ4n) is 2.33. The van der Waals surface area contributed by atoms with Gasteiger partial charge in [-0.05, 0) is 12.1 Å². The third-order valence-electron chi connectivity index (χ3n) is 3.43. The van der Waals surface area contributed by atoms with Crippen LogP contribution in [0.1, 0.15) is 10.5 Å². The van der Waals surface area contributed by atoms with Crippen LogP contribution in [-0.2, 0) is 0 Å². The Balaban J connectivity index is 1.75. The molecule has 110 valence electrons.